The molecule has 0 atom stereocenters. The van der Waals surface area contributed by atoms with E-state index in [4.69, 9.17) is 4.98 Å². The molecule has 0 unspecified atom stereocenters. The predicted octanol–water partition coefficient (Wildman–Crippen LogP) is 3.61. The van der Waals surface area contributed by atoms with E-state index in [9.17, 15) is 0 Å². The summed E-state index contributed by atoms with van der Waals surface area (Å²) >= 11 is 0. The van der Waals surface area contributed by atoms with E-state index in [1.807, 2.05) is 30.5 Å². The summed E-state index contributed by atoms with van der Waals surface area (Å²) in [6.07, 6.45) is 3.63. The second kappa shape index (κ2) is 3.98. The summed E-state index contributed by atoms with van der Waals surface area (Å²) in [5.41, 5.74) is 4.37. The summed E-state index contributed by atoms with van der Waals surface area (Å²) < 4.78 is 0. The zero-order valence-electron chi connectivity index (χ0n) is 9.59. The third-order valence-electron chi connectivity index (χ3n) is 2.85. The highest BCUT2D eigenvalue weighted by Gasteiger charge is 2.05. The molecule has 82 valence electrons. The van der Waals surface area contributed by atoms with Crippen molar-refractivity contribution in [1.82, 2.24) is 9.97 Å². The Morgan fingerprint density at radius 3 is 2.65 bits per heavy atom. The van der Waals surface area contributed by atoms with Gasteiger partial charge in [-0.25, -0.2) is 4.98 Å². The third kappa shape index (κ3) is 1.78. The largest absolute Gasteiger partial charge is 0.264 e. The fourth-order valence-electron chi connectivity index (χ4n) is 2.01. The maximum absolute atomic E-state index is 4.70. The van der Waals surface area contributed by atoms with E-state index >= 15 is 0 Å². The minimum Gasteiger partial charge on any atom is -0.264 e. The minimum atomic E-state index is 0.990. The maximum atomic E-state index is 4.70. The van der Waals surface area contributed by atoms with Crippen molar-refractivity contribution >= 4 is 10.9 Å². The van der Waals surface area contributed by atoms with E-state index in [0.29, 0.717) is 0 Å². The number of hydrogen-bond acceptors (Lipinski definition) is 2. The van der Waals surface area contributed by atoms with Gasteiger partial charge in [-0.15, -0.1) is 0 Å². The van der Waals surface area contributed by atoms with Gasteiger partial charge in [-0.1, -0.05) is 30.3 Å². The Morgan fingerprint density at radius 2 is 1.82 bits per heavy atom. The van der Waals surface area contributed by atoms with Gasteiger partial charge in [0.05, 0.1) is 11.2 Å². The molecule has 0 aliphatic carbocycles. The molecule has 2 nitrogen and oxygen atoms in total. The minimum absolute atomic E-state index is 0.990. The molecule has 0 saturated carbocycles. The molecule has 0 saturated heterocycles. The Bertz CT molecular complexity index is 660. The first-order valence-electron chi connectivity index (χ1n) is 5.61. The lowest BCUT2D eigenvalue weighted by Gasteiger charge is -2.06. The lowest BCUT2D eigenvalue weighted by molar-refractivity contribution is 1.29. The molecular weight excluding hydrogens is 208 g/mol. The lowest BCUT2D eigenvalue weighted by Crippen LogP contribution is -1.90. The Kier molecular flexibility index (Phi) is 2.33. The average Bonchev–Trinajstić information content (AvgIpc) is 2.39. The zero-order valence-corrected chi connectivity index (χ0v) is 9.59. The molecule has 2 aromatic heterocycles. The number of benzene rings is 1. The Hall–Kier alpha value is -2.22. The summed E-state index contributed by atoms with van der Waals surface area (Å²) in [5.74, 6) is 0. The third-order valence-corrected chi connectivity index (χ3v) is 2.85. The number of aromatic nitrogens is 2. The summed E-state index contributed by atoms with van der Waals surface area (Å²) in [7, 11) is 0. The van der Waals surface area contributed by atoms with Crippen molar-refractivity contribution < 1.29 is 0 Å². The fourth-order valence-corrected chi connectivity index (χ4v) is 2.01. The summed E-state index contributed by atoms with van der Waals surface area (Å²) in [5, 5.41) is 1.09. The van der Waals surface area contributed by atoms with Gasteiger partial charge in [0, 0.05) is 23.3 Å². The molecule has 2 heterocycles. The van der Waals surface area contributed by atoms with E-state index < -0.39 is 0 Å². The van der Waals surface area contributed by atoms with Gasteiger partial charge < -0.3 is 0 Å². The molecule has 2 heteroatoms. The van der Waals surface area contributed by atoms with Crippen molar-refractivity contribution in [1.29, 1.82) is 0 Å². The quantitative estimate of drug-likeness (QED) is 0.626. The van der Waals surface area contributed by atoms with Crippen LogP contribution in [0, 0.1) is 6.92 Å². The number of fused-ring (bicyclic) bond motifs is 1. The van der Waals surface area contributed by atoms with Gasteiger partial charge in [0.15, 0.2) is 0 Å². The normalized spacial score (nSPS) is 10.6. The molecule has 1 aromatic carbocycles. The van der Waals surface area contributed by atoms with E-state index in [1.54, 1.807) is 6.20 Å². The van der Waals surface area contributed by atoms with Crippen molar-refractivity contribution in [3.63, 3.8) is 0 Å². The maximum Gasteiger partial charge on any atom is 0.0740 e. The number of hydrogen-bond donors (Lipinski definition) is 0. The second-order valence-corrected chi connectivity index (χ2v) is 4.09. The van der Waals surface area contributed by atoms with Crippen LogP contribution in [0.25, 0.3) is 22.2 Å². The van der Waals surface area contributed by atoms with Crippen molar-refractivity contribution in [2.45, 2.75) is 6.92 Å². The van der Waals surface area contributed by atoms with Crippen LogP contribution >= 0.6 is 0 Å². The van der Waals surface area contributed by atoms with E-state index in [0.717, 1.165) is 22.2 Å². The summed E-state index contributed by atoms with van der Waals surface area (Å²) in [4.78, 5) is 8.82. The van der Waals surface area contributed by atoms with Crippen LogP contribution < -0.4 is 0 Å². The highest BCUT2D eigenvalue weighted by atomic mass is 14.7. The van der Waals surface area contributed by atoms with Crippen LogP contribution in [0.4, 0.5) is 0 Å². The van der Waals surface area contributed by atoms with E-state index in [2.05, 4.69) is 30.1 Å². The molecule has 17 heavy (non-hydrogen) atoms. The highest BCUT2D eigenvalue weighted by Crippen LogP contribution is 2.24. The molecule has 0 aliphatic heterocycles. The molecule has 0 N–H and O–H groups in total. The van der Waals surface area contributed by atoms with Gasteiger partial charge in [-0.3, -0.25) is 4.98 Å². The van der Waals surface area contributed by atoms with Crippen LogP contribution in [-0.4, -0.2) is 9.97 Å². The molecule has 0 fully saturated rings. The topological polar surface area (TPSA) is 25.8 Å². The fraction of sp³-hybridized carbons (Fsp3) is 0.0667. The summed E-state index contributed by atoms with van der Waals surface area (Å²) in [6, 6.07) is 14.3. The monoisotopic (exact) mass is 220 g/mol. The van der Waals surface area contributed by atoms with Gasteiger partial charge in [-0.2, -0.15) is 0 Å². The molecule has 0 bridgehead atoms. The Labute approximate surface area is 100.0 Å². The van der Waals surface area contributed by atoms with Crippen LogP contribution in [0.15, 0.2) is 54.9 Å². The molecular formula is C15H12N2. The van der Waals surface area contributed by atoms with Crippen LogP contribution in [0.5, 0.6) is 0 Å². The molecule has 0 amide bonds. The van der Waals surface area contributed by atoms with Crippen molar-refractivity contribution in [3.8, 4) is 11.3 Å². The zero-order chi connectivity index (χ0) is 11.7. The SMILES string of the molecule is Cc1cc2cnccc2nc1-c1ccccc1. The van der Waals surface area contributed by atoms with Gasteiger partial charge >= 0.3 is 0 Å². The Balaban J connectivity index is 2.27. The van der Waals surface area contributed by atoms with Gasteiger partial charge in [-0.05, 0) is 24.6 Å². The molecule has 3 rings (SSSR count). The molecule has 0 radical (unpaired) electrons. The highest BCUT2D eigenvalue weighted by molar-refractivity contribution is 5.82. The second-order valence-electron chi connectivity index (χ2n) is 4.09. The first kappa shape index (κ1) is 9.97. The number of rotatable bonds is 1. The molecule has 0 aliphatic rings. The first-order chi connectivity index (χ1) is 8.34. The van der Waals surface area contributed by atoms with Crippen molar-refractivity contribution in [3.05, 3.63) is 60.4 Å². The smallest absolute Gasteiger partial charge is 0.0740 e. The van der Waals surface area contributed by atoms with Crippen LogP contribution in [-0.2, 0) is 0 Å². The van der Waals surface area contributed by atoms with Crippen LogP contribution in [0.1, 0.15) is 5.56 Å². The predicted molar refractivity (Wildman–Crippen MR) is 69.7 cm³/mol. The first-order valence-corrected chi connectivity index (χ1v) is 5.61. The number of pyridine rings is 2. The van der Waals surface area contributed by atoms with E-state index in [1.165, 1.54) is 5.56 Å². The van der Waals surface area contributed by atoms with Crippen LogP contribution in [0.3, 0.4) is 0 Å². The lowest BCUT2D eigenvalue weighted by atomic mass is 10.1. The Morgan fingerprint density at radius 1 is 1.00 bits per heavy atom. The van der Waals surface area contributed by atoms with Gasteiger partial charge in [0.2, 0.25) is 0 Å². The number of nitrogens with zero attached hydrogens (tertiary/aromatic N) is 2. The van der Waals surface area contributed by atoms with Gasteiger partial charge in [0.1, 0.15) is 0 Å². The van der Waals surface area contributed by atoms with Gasteiger partial charge in [0.25, 0.3) is 0 Å². The number of aryl methyl sites for hydroxylation is 1. The molecule has 0 spiro atoms. The summed E-state index contributed by atoms with van der Waals surface area (Å²) in [6.45, 7) is 2.09. The standard InChI is InChI=1S/C15H12N2/c1-11-9-13-10-16-8-7-14(13)17-15(11)12-5-3-2-4-6-12/h2-10H,1H3. The van der Waals surface area contributed by atoms with Crippen molar-refractivity contribution in [2.75, 3.05) is 0 Å². The average molecular weight is 220 g/mol. The molecule has 3 aromatic rings. The van der Waals surface area contributed by atoms with E-state index in [-0.39, 0.29) is 0 Å². The van der Waals surface area contributed by atoms with Crippen LogP contribution in [0.2, 0.25) is 0 Å². The van der Waals surface area contributed by atoms with Crippen molar-refractivity contribution in [2.24, 2.45) is 0 Å².